The average Bonchev–Trinajstić information content (AvgIpc) is 3.07. The molecule has 148 valence electrons. The summed E-state index contributed by atoms with van der Waals surface area (Å²) in [6, 6.07) is 18.1. The highest BCUT2D eigenvalue weighted by Gasteiger charge is 2.22. The predicted molar refractivity (Wildman–Crippen MR) is 113 cm³/mol. The molecule has 7 heteroatoms. The fourth-order valence-electron chi connectivity index (χ4n) is 3.06. The molecule has 1 heterocycles. The Balaban J connectivity index is 0.00000280. The molecule has 1 aromatic heterocycles. The molecule has 0 saturated heterocycles. The largest absolute Gasteiger partial charge is 0.336 e. The molecule has 0 spiro atoms. The van der Waals surface area contributed by atoms with Crippen LogP contribution in [0.5, 0.6) is 0 Å². The van der Waals surface area contributed by atoms with Crippen molar-refractivity contribution in [2.45, 2.75) is 20.3 Å². The third kappa shape index (κ3) is 4.97. The first-order valence-corrected chi connectivity index (χ1v) is 9.12. The summed E-state index contributed by atoms with van der Waals surface area (Å²) in [5.41, 5.74) is 10.0. The van der Waals surface area contributed by atoms with Crippen molar-refractivity contribution >= 4 is 18.3 Å². The second kappa shape index (κ2) is 10.0. The Morgan fingerprint density at radius 1 is 1.07 bits per heavy atom. The van der Waals surface area contributed by atoms with Crippen LogP contribution in [-0.2, 0) is 6.42 Å². The van der Waals surface area contributed by atoms with Crippen LogP contribution in [-0.4, -0.2) is 45.4 Å². The molecule has 2 N–H and O–H groups in total. The third-order valence-corrected chi connectivity index (χ3v) is 4.54. The second-order valence-corrected chi connectivity index (χ2v) is 6.59. The topological polar surface area (TPSA) is 77.0 Å². The van der Waals surface area contributed by atoms with E-state index >= 15 is 0 Å². The molecule has 1 amide bonds. The highest BCUT2D eigenvalue weighted by atomic mass is 35.5. The fourth-order valence-corrected chi connectivity index (χ4v) is 3.06. The zero-order chi connectivity index (χ0) is 19.2. The molecule has 0 fully saturated rings. The van der Waals surface area contributed by atoms with E-state index in [0.717, 1.165) is 23.4 Å². The summed E-state index contributed by atoms with van der Waals surface area (Å²) in [6.45, 7) is 5.38. The molecule has 0 bridgehead atoms. The van der Waals surface area contributed by atoms with Crippen molar-refractivity contribution in [3.8, 4) is 5.69 Å². The number of nitrogens with two attached hydrogens (primary N) is 1. The first kappa shape index (κ1) is 21.6. The van der Waals surface area contributed by atoms with Crippen LogP contribution in [0.2, 0.25) is 0 Å². The van der Waals surface area contributed by atoms with Gasteiger partial charge >= 0.3 is 0 Å². The number of hydrogen-bond acceptors (Lipinski definition) is 4. The van der Waals surface area contributed by atoms with E-state index in [9.17, 15) is 4.79 Å². The lowest BCUT2D eigenvalue weighted by Gasteiger charge is -2.21. The monoisotopic (exact) mass is 399 g/mol. The molecule has 3 aromatic rings. The summed E-state index contributed by atoms with van der Waals surface area (Å²) in [5, 5.41) is 8.36. The maximum atomic E-state index is 13.0. The van der Waals surface area contributed by atoms with E-state index in [0.29, 0.717) is 25.3 Å². The van der Waals surface area contributed by atoms with Crippen molar-refractivity contribution in [3.63, 3.8) is 0 Å². The van der Waals surface area contributed by atoms with Gasteiger partial charge in [-0.2, -0.15) is 0 Å². The summed E-state index contributed by atoms with van der Waals surface area (Å²) in [4.78, 5) is 14.8. The number of amides is 1. The van der Waals surface area contributed by atoms with E-state index in [4.69, 9.17) is 5.73 Å². The van der Waals surface area contributed by atoms with Gasteiger partial charge in [-0.25, -0.2) is 4.68 Å². The summed E-state index contributed by atoms with van der Waals surface area (Å²) in [7, 11) is 0. The van der Waals surface area contributed by atoms with Gasteiger partial charge in [0.05, 0.1) is 11.4 Å². The lowest BCUT2D eigenvalue weighted by molar-refractivity contribution is 0.0755. The van der Waals surface area contributed by atoms with Gasteiger partial charge in [-0.3, -0.25) is 4.79 Å². The van der Waals surface area contributed by atoms with E-state index in [-0.39, 0.29) is 18.3 Å². The highest BCUT2D eigenvalue weighted by molar-refractivity contribution is 5.93. The van der Waals surface area contributed by atoms with Crippen molar-refractivity contribution in [1.29, 1.82) is 0 Å². The summed E-state index contributed by atoms with van der Waals surface area (Å²) in [5.74, 6) is -0.132. The SMILES string of the molecule is Cc1cccc(-n2nnc(C(=O)N(CCN)CCc3ccccc3)c2C)c1.Cl. The van der Waals surface area contributed by atoms with Gasteiger partial charge in [-0.05, 0) is 43.5 Å². The first-order valence-electron chi connectivity index (χ1n) is 9.12. The maximum absolute atomic E-state index is 13.0. The number of benzene rings is 2. The van der Waals surface area contributed by atoms with Crippen molar-refractivity contribution in [3.05, 3.63) is 77.1 Å². The zero-order valence-corrected chi connectivity index (χ0v) is 17.0. The minimum Gasteiger partial charge on any atom is -0.336 e. The van der Waals surface area contributed by atoms with Crippen LogP contribution >= 0.6 is 12.4 Å². The first-order chi connectivity index (χ1) is 13.1. The molecule has 0 aliphatic heterocycles. The third-order valence-electron chi connectivity index (χ3n) is 4.54. The molecule has 0 atom stereocenters. The maximum Gasteiger partial charge on any atom is 0.276 e. The Kier molecular flexibility index (Phi) is 7.72. The van der Waals surface area contributed by atoms with Crippen molar-refractivity contribution in [2.24, 2.45) is 5.73 Å². The number of rotatable bonds is 7. The van der Waals surface area contributed by atoms with Crippen molar-refractivity contribution in [1.82, 2.24) is 19.9 Å². The Morgan fingerprint density at radius 3 is 2.50 bits per heavy atom. The van der Waals surface area contributed by atoms with E-state index < -0.39 is 0 Å². The van der Waals surface area contributed by atoms with Crippen LogP contribution in [0.15, 0.2) is 54.6 Å². The van der Waals surface area contributed by atoms with E-state index in [1.807, 2.05) is 56.3 Å². The normalized spacial score (nSPS) is 10.4. The van der Waals surface area contributed by atoms with Crippen LogP contribution in [0.25, 0.3) is 5.69 Å². The van der Waals surface area contributed by atoms with Crippen molar-refractivity contribution in [2.75, 3.05) is 19.6 Å². The Labute approximate surface area is 171 Å². The highest BCUT2D eigenvalue weighted by Crippen LogP contribution is 2.15. The Morgan fingerprint density at radius 2 is 1.82 bits per heavy atom. The van der Waals surface area contributed by atoms with Crippen LogP contribution in [0.3, 0.4) is 0 Å². The quantitative estimate of drug-likeness (QED) is 0.662. The number of carbonyl (C=O) groups is 1. The summed E-state index contributed by atoms with van der Waals surface area (Å²) >= 11 is 0. The van der Waals surface area contributed by atoms with Gasteiger partial charge in [-0.15, -0.1) is 17.5 Å². The molecule has 0 aliphatic carbocycles. The Hall–Kier alpha value is -2.70. The average molecular weight is 400 g/mol. The minimum atomic E-state index is -0.132. The number of carbonyl (C=O) groups excluding carboxylic acids is 1. The molecule has 3 rings (SSSR count). The van der Waals surface area contributed by atoms with Gasteiger partial charge < -0.3 is 10.6 Å². The molecule has 0 saturated carbocycles. The number of aryl methyl sites for hydroxylation is 1. The van der Waals surface area contributed by atoms with Gasteiger partial charge in [0.1, 0.15) is 0 Å². The number of aromatic nitrogens is 3. The molecule has 0 radical (unpaired) electrons. The van der Waals surface area contributed by atoms with E-state index in [2.05, 4.69) is 22.4 Å². The summed E-state index contributed by atoms with van der Waals surface area (Å²) < 4.78 is 1.71. The summed E-state index contributed by atoms with van der Waals surface area (Å²) in [6.07, 6.45) is 0.775. The van der Waals surface area contributed by atoms with Crippen LogP contribution < -0.4 is 5.73 Å². The van der Waals surface area contributed by atoms with Gasteiger partial charge in [0.25, 0.3) is 5.91 Å². The van der Waals surface area contributed by atoms with Gasteiger partial charge in [0, 0.05) is 19.6 Å². The smallest absolute Gasteiger partial charge is 0.276 e. The molecule has 2 aromatic carbocycles. The lowest BCUT2D eigenvalue weighted by Crippen LogP contribution is -2.37. The second-order valence-electron chi connectivity index (χ2n) is 6.59. The lowest BCUT2D eigenvalue weighted by atomic mass is 10.1. The fraction of sp³-hybridized carbons (Fsp3) is 0.286. The molecule has 28 heavy (non-hydrogen) atoms. The number of nitrogens with zero attached hydrogens (tertiary/aromatic N) is 4. The zero-order valence-electron chi connectivity index (χ0n) is 16.2. The van der Waals surface area contributed by atoms with Gasteiger partial charge in [0.15, 0.2) is 5.69 Å². The predicted octanol–water partition coefficient (Wildman–Crippen LogP) is 2.95. The number of hydrogen-bond donors (Lipinski definition) is 1. The minimum absolute atomic E-state index is 0. The Bertz CT molecular complexity index is 910. The standard InChI is InChI=1S/C21H25N5O.ClH/c1-16-7-6-10-19(15-16)26-17(2)20(23-24-26)21(27)25(14-12-22)13-11-18-8-4-3-5-9-18;/h3-10,15H,11-14,22H2,1-2H3;1H. The van der Waals surface area contributed by atoms with Crippen LogP contribution in [0.1, 0.15) is 27.3 Å². The molecule has 6 nitrogen and oxygen atoms in total. The van der Waals surface area contributed by atoms with Crippen LogP contribution in [0, 0.1) is 13.8 Å². The molecule has 0 aliphatic rings. The van der Waals surface area contributed by atoms with Gasteiger partial charge in [0.2, 0.25) is 0 Å². The van der Waals surface area contributed by atoms with Gasteiger partial charge in [-0.1, -0.05) is 47.7 Å². The molecular weight excluding hydrogens is 374 g/mol. The molecular formula is C21H26ClN5O. The van der Waals surface area contributed by atoms with E-state index in [1.165, 1.54) is 5.56 Å². The number of halogens is 1. The van der Waals surface area contributed by atoms with Crippen LogP contribution in [0.4, 0.5) is 0 Å². The van der Waals surface area contributed by atoms with E-state index in [1.54, 1.807) is 9.58 Å². The van der Waals surface area contributed by atoms with Crippen molar-refractivity contribution < 1.29 is 4.79 Å². The molecule has 0 unspecified atom stereocenters.